The van der Waals surface area contributed by atoms with E-state index in [1.54, 1.807) is 11.0 Å². The van der Waals surface area contributed by atoms with Crippen LogP contribution in [0, 0.1) is 0 Å². The van der Waals surface area contributed by atoms with Crippen LogP contribution in [0.5, 0.6) is 0 Å². The topological polar surface area (TPSA) is 71.1 Å². The second kappa shape index (κ2) is 7.93. The number of fused-ring (bicyclic) bond motifs is 2. The average molecular weight is 436 g/mol. The third-order valence-corrected chi connectivity index (χ3v) is 6.47. The number of ether oxygens (including phenoxy) is 2. The first-order valence-electron chi connectivity index (χ1n) is 10.7. The van der Waals surface area contributed by atoms with E-state index in [0.717, 1.165) is 50.0 Å². The molecule has 8 heteroatoms. The Morgan fingerprint density at radius 3 is 2.50 bits per heavy atom. The number of carbonyl (C=O) groups is 2. The number of likely N-dealkylation sites (tertiary alicyclic amines) is 2. The summed E-state index contributed by atoms with van der Waals surface area (Å²) in [5.74, 6) is 0. The maximum absolute atomic E-state index is 12.3. The lowest BCUT2D eigenvalue weighted by atomic mass is 9.81. The summed E-state index contributed by atoms with van der Waals surface area (Å²) in [5, 5.41) is 3.43. The van der Waals surface area contributed by atoms with Crippen LogP contribution in [0.2, 0.25) is 5.02 Å². The summed E-state index contributed by atoms with van der Waals surface area (Å²) in [6.07, 6.45) is 2.70. The lowest BCUT2D eigenvalue weighted by Crippen LogP contribution is -2.53. The largest absolute Gasteiger partial charge is 0.444 e. The second-order valence-corrected chi connectivity index (χ2v) is 9.87. The number of hydrogen-bond donors (Lipinski definition) is 1. The van der Waals surface area contributed by atoms with Gasteiger partial charge in [-0.3, -0.25) is 10.2 Å². The summed E-state index contributed by atoms with van der Waals surface area (Å²) in [5.41, 5.74) is 0.667. The van der Waals surface area contributed by atoms with E-state index in [4.69, 9.17) is 21.1 Å². The summed E-state index contributed by atoms with van der Waals surface area (Å²) in [6, 6.07) is 5.97. The Bertz CT molecular complexity index is 822. The van der Waals surface area contributed by atoms with Crippen molar-refractivity contribution in [1.82, 2.24) is 9.80 Å². The van der Waals surface area contributed by atoms with Crippen LogP contribution in [0.3, 0.4) is 0 Å². The number of benzene rings is 1. The zero-order chi connectivity index (χ0) is 21.5. The quantitative estimate of drug-likeness (QED) is 0.698. The van der Waals surface area contributed by atoms with Crippen molar-refractivity contribution in [2.75, 3.05) is 31.5 Å². The van der Waals surface area contributed by atoms with Crippen LogP contribution in [0.1, 0.15) is 52.0 Å². The van der Waals surface area contributed by atoms with Gasteiger partial charge in [-0.05, 0) is 51.8 Å². The van der Waals surface area contributed by atoms with Crippen LogP contribution in [0.15, 0.2) is 18.2 Å². The van der Waals surface area contributed by atoms with E-state index in [0.29, 0.717) is 24.2 Å². The molecule has 2 amide bonds. The molecule has 1 aromatic rings. The molecule has 2 fully saturated rings. The maximum atomic E-state index is 12.3. The zero-order valence-electron chi connectivity index (χ0n) is 17.9. The van der Waals surface area contributed by atoms with Crippen molar-refractivity contribution in [3.8, 4) is 0 Å². The standard InChI is InChI=1S/C22H30ClN3O4/c1-21(2,3)30-20(28)26-10-6-16(7-11-26)25-12-8-22(9-13-25)17-14-15(23)4-5-18(17)24-19(27)29-22/h4-5,14,16H,6-13H2,1-3H3,(H,24,27). The number of nitrogens with one attached hydrogen (secondary N) is 1. The Labute approximate surface area is 182 Å². The van der Waals surface area contributed by atoms with Gasteiger partial charge in [0.25, 0.3) is 0 Å². The van der Waals surface area contributed by atoms with Crippen molar-refractivity contribution in [2.24, 2.45) is 0 Å². The fraction of sp³-hybridized carbons (Fsp3) is 0.636. The number of nitrogens with zero attached hydrogens (tertiary/aromatic N) is 2. The van der Waals surface area contributed by atoms with Gasteiger partial charge in [-0.15, -0.1) is 0 Å². The van der Waals surface area contributed by atoms with Crippen LogP contribution in [-0.2, 0) is 15.1 Å². The molecule has 0 radical (unpaired) electrons. The van der Waals surface area contributed by atoms with Gasteiger partial charge in [0.15, 0.2) is 0 Å². The number of halogens is 1. The van der Waals surface area contributed by atoms with Gasteiger partial charge in [0.05, 0.1) is 5.69 Å². The van der Waals surface area contributed by atoms with E-state index in [2.05, 4.69) is 10.2 Å². The van der Waals surface area contributed by atoms with Crippen LogP contribution in [-0.4, -0.2) is 59.8 Å². The van der Waals surface area contributed by atoms with E-state index in [9.17, 15) is 9.59 Å². The van der Waals surface area contributed by atoms with Crippen LogP contribution >= 0.6 is 11.6 Å². The Morgan fingerprint density at radius 2 is 1.87 bits per heavy atom. The maximum Gasteiger partial charge on any atom is 0.412 e. The fourth-order valence-corrected chi connectivity index (χ4v) is 4.90. The molecule has 164 valence electrons. The lowest BCUT2D eigenvalue weighted by Gasteiger charge is -2.47. The normalized spacial score (nSPS) is 22.3. The molecule has 4 rings (SSSR count). The van der Waals surface area contributed by atoms with Gasteiger partial charge >= 0.3 is 12.2 Å². The molecule has 2 saturated heterocycles. The Hall–Kier alpha value is -1.99. The van der Waals surface area contributed by atoms with Crippen molar-refractivity contribution >= 4 is 29.5 Å². The highest BCUT2D eigenvalue weighted by molar-refractivity contribution is 6.30. The molecule has 0 bridgehead atoms. The fourth-order valence-electron chi connectivity index (χ4n) is 4.73. The molecule has 7 nitrogen and oxygen atoms in total. The minimum atomic E-state index is -0.615. The molecular formula is C22H30ClN3O4. The molecule has 0 aromatic heterocycles. The predicted octanol–water partition coefficient (Wildman–Crippen LogP) is 4.59. The molecule has 0 unspecified atom stereocenters. The minimum Gasteiger partial charge on any atom is -0.444 e. The van der Waals surface area contributed by atoms with Crippen molar-refractivity contribution in [1.29, 1.82) is 0 Å². The molecule has 0 atom stereocenters. The zero-order valence-corrected chi connectivity index (χ0v) is 18.6. The molecule has 0 saturated carbocycles. The summed E-state index contributed by atoms with van der Waals surface area (Å²) in [6.45, 7) is 8.77. The van der Waals surface area contributed by atoms with Crippen LogP contribution in [0.4, 0.5) is 15.3 Å². The molecule has 3 aliphatic rings. The van der Waals surface area contributed by atoms with E-state index in [1.807, 2.05) is 32.9 Å². The third-order valence-electron chi connectivity index (χ3n) is 6.24. The highest BCUT2D eigenvalue weighted by Gasteiger charge is 2.45. The van der Waals surface area contributed by atoms with Crippen molar-refractivity contribution < 1.29 is 19.1 Å². The molecule has 1 N–H and O–H groups in total. The first-order chi connectivity index (χ1) is 14.2. The van der Waals surface area contributed by atoms with Gasteiger partial charge in [-0.2, -0.15) is 0 Å². The molecular weight excluding hydrogens is 406 g/mol. The molecule has 3 heterocycles. The van der Waals surface area contributed by atoms with Gasteiger partial charge in [0, 0.05) is 55.6 Å². The van der Waals surface area contributed by atoms with E-state index in [-0.39, 0.29) is 6.09 Å². The average Bonchev–Trinajstić information content (AvgIpc) is 2.68. The predicted molar refractivity (Wildman–Crippen MR) is 115 cm³/mol. The number of anilines is 1. The molecule has 1 spiro atoms. The number of piperidine rings is 2. The number of rotatable bonds is 1. The monoisotopic (exact) mass is 435 g/mol. The molecule has 3 aliphatic heterocycles. The summed E-state index contributed by atoms with van der Waals surface area (Å²) >= 11 is 6.22. The van der Waals surface area contributed by atoms with Crippen molar-refractivity contribution in [3.63, 3.8) is 0 Å². The number of hydrogen-bond acceptors (Lipinski definition) is 5. The van der Waals surface area contributed by atoms with Crippen LogP contribution < -0.4 is 5.32 Å². The van der Waals surface area contributed by atoms with Crippen LogP contribution in [0.25, 0.3) is 0 Å². The summed E-state index contributed by atoms with van der Waals surface area (Å²) in [4.78, 5) is 28.7. The third kappa shape index (κ3) is 4.37. The first-order valence-corrected chi connectivity index (χ1v) is 11.1. The first kappa shape index (κ1) is 21.2. The summed E-state index contributed by atoms with van der Waals surface area (Å²) < 4.78 is 11.3. The van der Waals surface area contributed by atoms with Crippen molar-refractivity contribution in [3.05, 3.63) is 28.8 Å². The smallest absolute Gasteiger partial charge is 0.412 e. The SMILES string of the molecule is CC(C)(C)OC(=O)N1CCC(N2CCC3(CC2)OC(=O)Nc2ccc(Cl)cc23)CC1. The lowest BCUT2D eigenvalue weighted by molar-refractivity contribution is -0.0512. The minimum absolute atomic E-state index is 0.228. The molecule has 30 heavy (non-hydrogen) atoms. The Morgan fingerprint density at radius 1 is 1.20 bits per heavy atom. The molecule has 1 aromatic carbocycles. The second-order valence-electron chi connectivity index (χ2n) is 9.43. The van der Waals surface area contributed by atoms with Gasteiger partial charge in [0.2, 0.25) is 0 Å². The number of amides is 2. The highest BCUT2D eigenvalue weighted by Crippen LogP contribution is 2.45. The van der Waals surface area contributed by atoms with E-state index >= 15 is 0 Å². The van der Waals surface area contributed by atoms with Gasteiger partial charge in [-0.25, -0.2) is 9.59 Å². The molecule has 0 aliphatic carbocycles. The Balaban J connectivity index is 1.37. The van der Waals surface area contributed by atoms with E-state index in [1.165, 1.54) is 0 Å². The van der Waals surface area contributed by atoms with E-state index < -0.39 is 17.3 Å². The Kier molecular flexibility index (Phi) is 5.62. The highest BCUT2D eigenvalue weighted by atomic mass is 35.5. The van der Waals surface area contributed by atoms with Gasteiger partial charge in [0.1, 0.15) is 11.2 Å². The van der Waals surface area contributed by atoms with Gasteiger partial charge < -0.3 is 14.4 Å². The van der Waals surface area contributed by atoms with Crippen molar-refractivity contribution in [2.45, 2.75) is 63.7 Å². The summed E-state index contributed by atoms with van der Waals surface area (Å²) in [7, 11) is 0. The number of carbonyl (C=O) groups excluding carboxylic acids is 2. The van der Waals surface area contributed by atoms with Gasteiger partial charge in [-0.1, -0.05) is 11.6 Å².